The molecule has 0 bridgehead atoms. The van der Waals surface area contributed by atoms with Crippen molar-refractivity contribution in [2.24, 2.45) is 11.5 Å². The molecule has 23 heteroatoms. The number of nitrogens with one attached hydrogen (secondary N) is 1. The minimum atomic E-state index is -5.50. The molecular weight excluding hydrogens is 629 g/mol. The van der Waals surface area contributed by atoms with E-state index in [0.717, 1.165) is 13.8 Å². The van der Waals surface area contributed by atoms with E-state index in [1.165, 1.54) is 0 Å². The average molecular weight is 663 g/mol. The van der Waals surface area contributed by atoms with Gasteiger partial charge in [-0.2, -0.15) is 0 Å². The van der Waals surface area contributed by atoms with Crippen molar-refractivity contribution in [1.82, 2.24) is 5.32 Å². The second-order valence-corrected chi connectivity index (χ2v) is 11.0. The van der Waals surface area contributed by atoms with Crippen molar-refractivity contribution in [2.45, 2.75) is 80.8 Å². The average Bonchev–Trinajstić information content (AvgIpc) is 2.90. The molecule has 2 aliphatic rings. The molecule has 3 amide bonds. The van der Waals surface area contributed by atoms with Gasteiger partial charge in [-0.15, -0.1) is 0 Å². The van der Waals surface area contributed by atoms with Crippen molar-refractivity contribution in [3.05, 3.63) is 0 Å². The Morgan fingerprint density at radius 2 is 1.77 bits per heavy atom. The first-order valence-electron chi connectivity index (χ1n) is 12.5. The molecule has 252 valence electrons. The van der Waals surface area contributed by atoms with Gasteiger partial charge >= 0.3 is 19.9 Å². The topological polar surface area (TPSA) is 352 Å². The normalized spacial score (nSPS) is 35.9. The van der Waals surface area contributed by atoms with Gasteiger partial charge in [0.25, 0.3) is 0 Å². The molecule has 0 aromatic heterocycles. The van der Waals surface area contributed by atoms with Crippen LogP contribution in [-0.2, 0) is 56.5 Å². The number of primary amides is 2. The van der Waals surface area contributed by atoms with Crippen molar-refractivity contribution in [2.75, 3.05) is 19.8 Å². The summed E-state index contributed by atoms with van der Waals surface area (Å²) in [6.07, 6.45) is -19.5. The molecule has 0 aromatic rings. The lowest BCUT2D eigenvalue weighted by Crippen LogP contribution is -2.71. The number of carboxylic acids is 1. The second-order valence-electron chi connectivity index (χ2n) is 9.60. The van der Waals surface area contributed by atoms with Crippen LogP contribution < -0.4 is 16.8 Å². The summed E-state index contributed by atoms with van der Waals surface area (Å²) in [6, 6.07) is -1.66. The van der Waals surface area contributed by atoms with Crippen LogP contribution >= 0.6 is 7.82 Å². The van der Waals surface area contributed by atoms with Crippen LogP contribution in [-0.4, -0.2) is 147 Å². The van der Waals surface area contributed by atoms with Crippen LogP contribution in [0.5, 0.6) is 0 Å². The van der Waals surface area contributed by atoms with Crippen molar-refractivity contribution in [3.63, 3.8) is 0 Å². The van der Waals surface area contributed by atoms with E-state index in [2.05, 4.69) is 14.6 Å². The van der Waals surface area contributed by atoms with Crippen LogP contribution in [0.1, 0.15) is 13.8 Å². The Morgan fingerprint density at radius 3 is 2.27 bits per heavy atom. The molecule has 1 unspecified atom stereocenters. The maximum atomic E-state index is 12.8. The fraction of sp³-hybridized carbons (Fsp3) is 0.762. The smallest absolute Gasteiger partial charge is 0.474 e. The van der Waals surface area contributed by atoms with E-state index >= 15 is 0 Å². The number of hydrogen-bond acceptors (Lipinski definition) is 17. The summed E-state index contributed by atoms with van der Waals surface area (Å²) in [7, 11) is -5.50. The largest absolute Gasteiger partial charge is 0.479 e. The number of carboxylic acid groups (broad SMARTS) is 1. The van der Waals surface area contributed by atoms with Crippen molar-refractivity contribution >= 4 is 38.0 Å². The summed E-state index contributed by atoms with van der Waals surface area (Å²) in [6.45, 7) is -0.959. The van der Waals surface area contributed by atoms with Crippen LogP contribution in [0.4, 0.5) is 4.79 Å². The predicted molar refractivity (Wildman–Crippen MR) is 133 cm³/mol. The highest BCUT2D eigenvalue weighted by Crippen LogP contribution is 2.48. The number of amides is 3. The van der Waals surface area contributed by atoms with Crippen molar-refractivity contribution < 1.29 is 91.7 Å². The molecule has 0 aliphatic carbocycles. The van der Waals surface area contributed by atoms with E-state index in [4.69, 9.17) is 40.0 Å². The Kier molecular flexibility index (Phi) is 13.1. The summed E-state index contributed by atoms with van der Waals surface area (Å²) in [5.74, 6) is -3.93. The van der Waals surface area contributed by atoms with E-state index in [0.29, 0.717) is 0 Å². The van der Waals surface area contributed by atoms with Gasteiger partial charge in [0.1, 0.15) is 42.8 Å². The molecule has 0 aromatic carbocycles. The van der Waals surface area contributed by atoms with E-state index in [1.54, 1.807) is 0 Å². The number of aliphatic hydroxyl groups is 4. The number of aliphatic carboxylic acids is 1. The maximum Gasteiger partial charge on any atom is 0.474 e. The number of nitrogens with two attached hydrogens (primary N) is 2. The van der Waals surface area contributed by atoms with Crippen LogP contribution in [0.25, 0.3) is 0 Å². The first-order valence-corrected chi connectivity index (χ1v) is 14.0. The Bertz CT molecular complexity index is 1110. The standard InChI is InChI=1S/C21H34N3O19P/c1-7(27)24-10-12(29)11(28)8(5-26)39-18(10)40-13-14(42-20(23)33)21(2,34)15(16(22)30)41-19(13)43-44(35,36)38-6-9(17(31)32)37-4-3-25/h3,8-15,18-19,26,28-29,34H,4-6H2,1-2H3,(H2,22,30)(H2,23,33)(H,24,27)(H,31,32)(H,35,36)/t8-,9-,10-,11-,12-,13-,14-,15-,18+,19-,21+/m1/s1. The fourth-order valence-corrected chi connectivity index (χ4v) is 5.09. The number of phosphoric ester groups is 1. The third-order valence-electron chi connectivity index (χ3n) is 6.25. The van der Waals surface area contributed by atoms with Crippen LogP contribution in [0.2, 0.25) is 0 Å². The highest BCUT2D eigenvalue weighted by Gasteiger charge is 2.61. The zero-order chi connectivity index (χ0) is 33.6. The summed E-state index contributed by atoms with van der Waals surface area (Å²) in [4.78, 5) is 68.0. The first kappa shape index (κ1) is 37.3. The lowest BCUT2D eigenvalue weighted by molar-refractivity contribution is -0.352. The fourth-order valence-electron chi connectivity index (χ4n) is 4.27. The van der Waals surface area contributed by atoms with Gasteiger partial charge in [0.2, 0.25) is 11.8 Å². The van der Waals surface area contributed by atoms with Crippen LogP contribution in [0, 0.1) is 0 Å². The summed E-state index contributed by atoms with van der Waals surface area (Å²) in [5, 5.41) is 53.0. The number of aliphatic hydroxyl groups excluding tert-OH is 3. The quantitative estimate of drug-likeness (QED) is 0.0582. The van der Waals surface area contributed by atoms with Gasteiger partial charge in [0.05, 0.1) is 13.2 Å². The Morgan fingerprint density at radius 1 is 1.14 bits per heavy atom. The Labute approximate surface area is 247 Å². The van der Waals surface area contributed by atoms with Crippen molar-refractivity contribution in [1.29, 1.82) is 0 Å². The zero-order valence-corrected chi connectivity index (χ0v) is 24.0. The molecule has 44 heavy (non-hydrogen) atoms. The molecule has 2 heterocycles. The molecule has 2 fully saturated rings. The van der Waals surface area contributed by atoms with E-state index < -0.39 is 118 Å². The molecule has 2 saturated heterocycles. The Balaban J connectivity index is 2.53. The second kappa shape index (κ2) is 15.4. The predicted octanol–water partition coefficient (Wildman–Crippen LogP) is -5.46. The first-order chi connectivity index (χ1) is 20.4. The van der Waals surface area contributed by atoms with E-state index in [9.17, 15) is 53.9 Å². The third-order valence-corrected chi connectivity index (χ3v) is 7.20. The summed E-state index contributed by atoms with van der Waals surface area (Å²) < 4.78 is 48.4. The van der Waals surface area contributed by atoms with Gasteiger partial charge in [-0.3, -0.25) is 18.6 Å². The third kappa shape index (κ3) is 9.32. The molecule has 2 rings (SSSR count). The molecular formula is C21H34N3O19P. The zero-order valence-electron chi connectivity index (χ0n) is 23.1. The lowest BCUT2D eigenvalue weighted by atomic mass is 9.85. The van der Waals surface area contributed by atoms with Gasteiger partial charge in [-0.1, -0.05) is 0 Å². The van der Waals surface area contributed by atoms with Gasteiger partial charge in [0, 0.05) is 6.92 Å². The van der Waals surface area contributed by atoms with Crippen LogP contribution in [0.15, 0.2) is 0 Å². The number of ether oxygens (including phenoxy) is 5. The van der Waals surface area contributed by atoms with Crippen LogP contribution in [0.3, 0.4) is 0 Å². The maximum absolute atomic E-state index is 12.8. The lowest BCUT2D eigenvalue weighted by Gasteiger charge is -2.50. The molecule has 11 N–H and O–H groups in total. The van der Waals surface area contributed by atoms with Gasteiger partial charge in [-0.25, -0.2) is 14.2 Å². The number of aldehydes is 1. The van der Waals surface area contributed by atoms with Gasteiger partial charge < -0.3 is 75.7 Å². The highest BCUT2D eigenvalue weighted by atomic mass is 31.2. The molecule has 0 radical (unpaired) electrons. The SMILES string of the molecule is CC(=O)N[C@H]1[C@H](O[C@H]2[C@@H](OP(=O)(O)OC[C@@H](OCC=O)C(=O)O)O[C@H](C(N)=O)[C@@](C)(O)[C@@H]2OC(N)=O)O[C@H](CO)[C@@H](O)[C@@H]1O. The Hall–Kier alpha value is -2.86. The number of carbonyl (C=O) groups is 5. The number of phosphoric acid groups is 1. The molecule has 2 aliphatic heterocycles. The molecule has 12 atom stereocenters. The number of hydrogen-bond donors (Lipinski definition) is 9. The van der Waals surface area contributed by atoms with Crippen molar-refractivity contribution in [3.8, 4) is 0 Å². The van der Waals surface area contributed by atoms with Gasteiger partial charge in [0.15, 0.2) is 37.0 Å². The number of carbonyl (C=O) groups excluding carboxylic acids is 4. The monoisotopic (exact) mass is 663 g/mol. The molecule has 22 nitrogen and oxygen atoms in total. The molecule has 0 saturated carbocycles. The van der Waals surface area contributed by atoms with E-state index in [-0.39, 0.29) is 6.29 Å². The number of rotatable bonds is 15. The highest BCUT2D eigenvalue weighted by molar-refractivity contribution is 7.47. The summed E-state index contributed by atoms with van der Waals surface area (Å²) >= 11 is 0. The van der Waals surface area contributed by atoms with Gasteiger partial charge in [-0.05, 0) is 6.92 Å². The molecule has 0 spiro atoms. The summed E-state index contributed by atoms with van der Waals surface area (Å²) in [5.41, 5.74) is 7.76. The minimum Gasteiger partial charge on any atom is -0.479 e. The van der Waals surface area contributed by atoms with E-state index in [1.807, 2.05) is 0 Å². The minimum absolute atomic E-state index is 0.191.